The fourth-order valence-corrected chi connectivity index (χ4v) is 3.62. The van der Waals surface area contributed by atoms with Gasteiger partial charge in [0.05, 0.1) is 6.54 Å². The standard InChI is InChI=1S/C21H34N6/c1-3-22-21(24-11-14-27-13-6-12-26(2)15-16-27)23-10-9-18-17-25-20-8-5-4-7-19(18)20/h4-5,7-8,17,25H,3,6,9-16H2,1-2H3,(H2,22,23,24). The van der Waals surface area contributed by atoms with E-state index in [1.807, 2.05) is 0 Å². The van der Waals surface area contributed by atoms with Gasteiger partial charge in [0, 0.05) is 49.8 Å². The minimum atomic E-state index is 0.839. The second-order valence-electron chi connectivity index (χ2n) is 7.30. The minimum absolute atomic E-state index is 0.839. The highest BCUT2D eigenvalue weighted by Gasteiger charge is 2.11. The summed E-state index contributed by atoms with van der Waals surface area (Å²) < 4.78 is 0. The van der Waals surface area contributed by atoms with Crippen LogP contribution in [0.15, 0.2) is 35.5 Å². The van der Waals surface area contributed by atoms with E-state index >= 15 is 0 Å². The molecule has 3 rings (SSSR count). The zero-order chi connectivity index (χ0) is 18.9. The van der Waals surface area contributed by atoms with E-state index in [0.717, 1.165) is 51.6 Å². The van der Waals surface area contributed by atoms with Crippen LogP contribution in [-0.4, -0.2) is 80.1 Å². The summed E-state index contributed by atoms with van der Waals surface area (Å²) in [6.45, 7) is 10.4. The molecule has 1 aromatic carbocycles. The molecule has 0 radical (unpaired) electrons. The van der Waals surface area contributed by atoms with Gasteiger partial charge < -0.3 is 25.4 Å². The molecule has 0 unspecified atom stereocenters. The van der Waals surface area contributed by atoms with Gasteiger partial charge in [0.15, 0.2) is 5.96 Å². The van der Waals surface area contributed by atoms with Gasteiger partial charge in [0.1, 0.15) is 0 Å². The maximum absolute atomic E-state index is 4.77. The minimum Gasteiger partial charge on any atom is -0.361 e. The molecule has 6 heteroatoms. The molecular formula is C21H34N6. The Labute approximate surface area is 163 Å². The van der Waals surface area contributed by atoms with E-state index in [9.17, 15) is 0 Å². The summed E-state index contributed by atoms with van der Waals surface area (Å²) >= 11 is 0. The fraction of sp³-hybridized carbons (Fsp3) is 0.571. The van der Waals surface area contributed by atoms with Gasteiger partial charge in [-0.15, -0.1) is 0 Å². The van der Waals surface area contributed by atoms with Gasteiger partial charge in [0.2, 0.25) is 0 Å². The van der Waals surface area contributed by atoms with Crippen molar-refractivity contribution in [3.05, 3.63) is 36.0 Å². The molecule has 1 fully saturated rings. The molecule has 2 heterocycles. The number of aliphatic imine (C=N–C) groups is 1. The fourth-order valence-electron chi connectivity index (χ4n) is 3.62. The van der Waals surface area contributed by atoms with Gasteiger partial charge in [-0.25, -0.2) is 0 Å². The lowest BCUT2D eigenvalue weighted by molar-refractivity contribution is 0.283. The van der Waals surface area contributed by atoms with E-state index in [1.165, 1.54) is 36.0 Å². The summed E-state index contributed by atoms with van der Waals surface area (Å²) in [5, 5.41) is 8.15. The number of aromatic nitrogens is 1. The van der Waals surface area contributed by atoms with Crippen molar-refractivity contribution in [1.82, 2.24) is 25.4 Å². The van der Waals surface area contributed by atoms with Crippen molar-refractivity contribution in [2.24, 2.45) is 4.99 Å². The predicted molar refractivity (Wildman–Crippen MR) is 115 cm³/mol. The first-order valence-electron chi connectivity index (χ1n) is 10.2. The predicted octanol–water partition coefficient (Wildman–Crippen LogP) is 1.90. The third-order valence-electron chi connectivity index (χ3n) is 5.20. The Morgan fingerprint density at radius 1 is 1.15 bits per heavy atom. The Hall–Kier alpha value is -2.05. The average Bonchev–Trinajstić information content (AvgIpc) is 2.97. The molecule has 1 saturated heterocycles. The second-order valence-corrected chi connectivity index (χ2v) is 7.30. The number of benzene rings is 1. The van der Waals surface area contributed by atoms with Crippen LogP contribution in [0.4, 0.5) is 0 Å². The van der Waals surface area contributed by atoms with Crippen LogP contribution in [0.25, 0.3) is 10.9 Å². The number of rotatable bonds is 7. The molecule has 0 atom stereocenters. The van der Waals surface area contributed by atoms with Crippen molar-refractivity contribution >= 4 is 16.9 Å². The highest BCUT2D eigenvalue weighted by molar-refractivity contribution is 5.83. The number of hydrogen-bond donors (Lipinski definition) is 3. The van der Waals surface area contributed by atoms with Crippen molar-refractivity contribution in [1.29, 1.82) is 0 Å². The molecule has 3 N–H and O–H groups in total. The number of para-hydroxylation sites is 1. The summed E-state index contributed by atoms with van der Waals surface area (Å²) in [4.78, 5) is 13.1. The molecule has 2 aromatic rings. The Kier molecular flexibility index (Phi) is 7.54. The van der Waals surface area contributed by atoms with Crippen molar-refractivity contribution in [2.45, 2.75) is 19.8 Å². The van der Waals surface area contributed by atoms with Gasteiger partial charge in [-0.3, -0.25) is 4.99 Å². The topological polar surface area (TPSA) is 58.7 Å². The van der Waals surface area contributed by atoms with Crippen LogP contribution in [0.5, 0.6) is 0 Å². The van der Waals surface area contributed by atoms with E-state index < -0.39 is 0 Å². The van der Waals surface area contributed by atoms with Crippen molar-refractivity contribution < 1.29 is 0 Å². The Bertz CT molecular complexity index is 722. The molecule has 0 aliphatic carbocycles. The molecule has 1 aromatic heterocycles. The summed E-state index contributed by atoms with van der Waals surface area (Å²) in [6.07, 6.45) is 4.35. The van der Waals surface area contributed by atoms with Gasteiger partial charge in [-0.2, -0.15) is 0 Å². The number of hydrogen-bond acceptors (Lipinski definition) is 3. The van der Waals surface area contributed by atoms with Gasteiger partial charge in [-0.1, -0.05) is 18.2 Å². The largest absolute Gasteiger partial charge is 0.361 e. The first-order chi connectivity index (χ1) is 13.3. The number of nitrogens with one attached hydrogen (secondary N) is 3. The Balaban J connectivity index is 1.46. The molecule has 0 spiro atoms. The molecule has 1 aliphatic rings. The monoisotopic (exact) mass is 370 g/mol. The molecule has 27 heavy (non-hydrogen) atoms. The van der Waals surface area contributed by atoms with Crippen molar-refractivity contribution in [2.75, 3.05) is 59.4 Å². The first kappa shape index (κ1) is 19.7. The van der Waals surface area contributed by atoms with Crippen molar-refractivity contribution in [3.8, 4) is 0 Å². The van der Waals surface area contributed by atoms with Crippen LogP contribution in [0.1, 0.15) is 18.9 Å². The second kappa shape index (κ2) is 10.3. The van der Waals surface area contributed by atoms with Gasteiger partial charge >= 0.3 is 0 Å². The van der Waals surface area contributed by atoms with E-state index in [0.29, 0.717) is 0 Å². The Morgan fingerprint density at radius 2 is 2.04 bits per heavy atom. The molecule has 0 bridgehead atoms. The molecule has 148 valence electrons. The SMILES string of the molecule is CCNC(=NCCN1CCCN(C)CC1)NCCc1c[nH]c2ccccc12. The average molecular weight is 371 g/mol. The van der Waals surface area contributed by atoms with E-state index in [-0.39, 0.29) is 0 Å². The number of guanidine groups is 1. The van der Waals surface area contributed by atoms with Crippen LogP contribution in [0.2, 0.25) is 0 Å². The molecule has 0 saturated carbocycles. The normalized spacial score (nSPS) is 17.2. The number of aromatic amines is 1. The maximum atomic E-state index is 4.77. The van der Waals surface area contributed by atoms with Crippen LogP contribution < -0.4 is 10.6 Å². The smallest absolute Gasteiger partial charge is 0.191 e. The quantitative estimate of drug-likeness (QED) is 0.515. The number of fused-ring (bicyclic) bond motifs is 1. The molecule has 1 aliphatic heterocycles. The lowest BCUT2D eigenvalue weighted by atomic mass is 10.1. The lowest BCUT2D eigenvalue weighted by Crippen LogP contribution is -2.39. The summed E-state index contributed by atoms with van der Waals surface area (Å²) in [7, 11) is 2.21. The van der Waals surface area contributed by atoms with Crippen LogP contribution in [0, 0.1) is 0 Å². The summed E-state index contributed by atoms with van der Waals surface area (Å²) in [5.74, 6) is 0.921. The van der Waals surface area contributed by atoms with Crippen LogP contribution in [-0.2, 0) is 6.42 Å². The third kappa shape index (κ3) is 5.97. The number of H-pyrrole nitrogens is 1. The highest BCUT2D eigenvalue weighted by atomic mass is 15.2. The number of likely N-dealkylation sites (N-methyl/N-ethyl adjacent to an activating group) is 1. The van der Waals surface area contributed by atoms with E-state index in [1.54, 1.807) is 0 Å². The molecule has 6 nitrogen and oxygen atoms in total. The Morgan fingerprint density at radius 3 is 2.93 bits per heavy atom. The third-order valence-corrected chi connectivity index (χ3v) is 5.20. The zero-order valence-electron chi connectivity index (χ0n) is 16.8. The number of nitrogens with zero attached hydrogens (tertiary/aromatic N) is 3. The van der Waals surface area contributed by atoms with Crippen LogP contribution in [0.3, 0.4) is 0 Å². The lowest BCUT2D eigenvalue weighted by Gasteiger charge is -2.19. The van der Waals surface area contributed by atoms with E-state index in [4.69, 9.17) is 4.99 Å². The molecule has 0 amide bonds. The summed E-state index contributed by atoms with van der Waals surface area (Å²) in [6, 6.07) is 8.47. The zero-order valence-corrected chi connectivity index (χ0v) is 16.8. The maximum Gasteiger partial charge on any atom is 0.191 e. The summed E-state index contributed by atoms with van der Waals surface area (Å²) in [5.41, 5.74) is 2.55. The van der Waals surface area contributed by atoms with E-state index in [2.05, 4.69) is 69.9 Å². The molecular weight excluding hydrogens is 336 g/mol. The van der Waals surface area contributed by atoms with Crippen molar-refractivity contribution in [3.63, 3.8) is 0 Å². The van der Waals surface area contributed by atoms with Gasteiger partial charge in [-0.05, 0) is 51.5 Å². The van der Waals surface area contributed by atoms with Gasteiger partial charge in [0.25, 0.3) is 0 Å². The first-order valence-corrected chi connectivity index (χ1v) is 10.2. The highest BCUT2D eigenvalue weighted by Crippen LogP contribution is 2.17. The van der Waals surface area contributed by atoms with Crippen LogP contribution >= 0.6 is 0 Å².